The Balaban J connectivity index is 1.51. The molecule has 0 N–H and O–H groups in total. The molecule has 1 aliphatic rings. The largest absolute Gasteiger partial charge is 0.418 e. The first-order valence-electron chi connectivity index (χ1n) is 8.51. The van der Waals surface area contributed by atoms with Gasteiger partial charge in [0, 0.05) is 11.4 Å². The van der Waals surface area contributed by atoms with Crippen molar-refractivity contribution in [2.24, 2.45) is 0 Å². The number of aromatic nitrogens is 2. The van der Waals surface area contributed by atoms with Crippen LogP contribution < -0.4 is 0 Å². The van der Waals surface area contributed by atoms with E-state index in [-0.39, 0.29) is 5.91 Å². The standard InChI is InChI=1S/C18H19N3O2S2/c1-2-8-21(18(22)15-10-12-5-3-6-13(12)25-15)11-16-19-20-17(23-16)14-7-4-9-24-14/h4,7,9-10H,2-3,5-6,8,11H2,1H3. The fourth-order valence-electron chi connectivity index (χ4n) is 3.09. The minimum atomic E-state index is 0.0668. The molecule has 4 rings (SSSR count). The van der Waals surface area contributed by atoms with E-state index in [4.69, 9.17) is 4.42 Å². The van der Waals surface area contributed by atoms with Crippen molar-refractivity contribution in [2.75, 3.05) is 6.54 Å². The van der Waals surface area contributed by atoms with E-state index in [0.717, 1.165) is 29.0 Å². The van der Waals surface area contributed by atoms with Gasteiger partial charge < -0.3 is 9.32 Å². The first kappa shape index (κ1) is 16.5. The van der Waals surface area contributed by atoms with Crippen LogP contribution in [-0.2, 0) is 19.4 Å². The summed E-state index contributed by atoms with van der Waals surface area (Å²) in [5.74, 6) is 1.07. The molecule has 0 bridgehead atoms. The Labute approximate surface area is 154 Å². The van der Waals surface area contributed by atoms with E-state index < -0.39 is 0 Å². The molecular formula is C18H19N3O2S2. The Hall–Kier alpha value is -1.99. The zero-order valence-corrected chi connectivity index (χ0v) is 15.7. The van der Waals surface area contributed by atoms with Crippen molar-refractivity contribution in [3.8, 4) is 10.8 Å². The monoisotopic (exact) mass is 373 g/mol. The molecule has 0 fully saturated rings. The van der Waals surface area contributed by atoms with Gasteiger partial charge in [0.05, 0.1) is 16.3 Å². The van der Waals surface area contributed by atoms with Crippen LogP contribution in [0, 0.1) is 0 Å². The summed E-state index contributed by atoms with van der Waals surface area (Å²) in [4.78, 5) is 17.9. The molecule has 0 aromatic carbocycles. The molecule has 0 aliphatic heterocycles. The Kier molecular flexibility index (Phi) is 4.67. The van der Waals surface area contributed by atoms with Crippen molar-refractivity contribution >= 4 is 28.6 Å². The summed E-state index contributed by atoms with van der Waals surface area (Å²) in [6, 6.07) is 5.97. The molecular weight excluding hydrogens is 354 g/mol. The SMILES string of the molecule is CCCN(Cc1nnc(-c2cccs2)o1)C(=O)c1cc2c(s1)CCC2. The van der Waals surface area contributed by atoms with Gasteiger partial charge in [-0.25, -0.2) is 0 Å². The maximum atomic E-state index is 12.9. The maximum Gasteiger partial charge on any atom is 0.264 e. The molecule has 0 unspecified atom stereocenters. The van der Waals surface area contributed by atoms with Gasteiger partial charge in [-0.05, 0) is 48.8 Å². The van der Waals surface area contributed by atoms with Crippen LogP contribution in [0.15, 0.2) is 28.0 Å². The second kappa shape index (κ2) is 7.09. The summed E-state index contributed by atoms with van der Waals surface area (Å²) in [6.07, 6.45) is 4.31. The van der Waals surface area contributed by atoms with Gasteiger partial charge in [0.15, 0.2) is 0 Å². The minimum absolute atomic E-state index is 0.0668. The van der Waals surface area contributed by atoms with E-state index in [1.807, 2.05) is 22.4 Å². The van der Waals surface area contributed by atoms with Crippen LogP contribution in [0.3, 0.4) is 0 Å². The normalized spacial score (nSPS) is 13.2. The molecule has 1 aliphatic carbocycles. The fourth-order valence-corrected chi connectivity index (χ4v) is 4.96. The number of thiophene rings is 2. The highest BCUT2D eigenvalue weighted by Gasteiger charge is 2.23. The zero-order chi connectivity index (χ0) is 17.2. The molecule has 130 valence electrons. The number of rotatable bonds is 6. The molecule has 0 radical (unpaired) electrons. The number of aryl methyl sites for hydroxylation is 2. The van der Waals surface area contributed by atoms with E-state index >= 15 is 0 Å². The van der Waals surface area contributed by atoms with E-state index in [2.05, 4.69) is 23.2 Å². The molecule has 0 saturated carbocycles. The number of hydrogen-bond acceptors (Lipinski definition) is 6. The number of carbonyl (C=O) groups is 1. The van der Waals surface area contributed by atoms with Gasteiger partial charge in [-0.2, -0.15) is 0 Å². The molecule has 0 saturated heterocycles. The number of carbonyl (C=O) groups excluding carboxylic acids is 1. The van der Waals surface area contributed by atoms with E-state index in [0.29, 0.717) is 24.9 Å². The lowest BCUT2D eigenvalue weighted by atomic mass is 10.2. The van der Waals surface area contributed by atoms with Crippen LogP contribution in [0.5, 0.6) is 0 Å². The van der Waals surface area contributed by atoms with Crippen LogP contribution in [0.1, 0.15) is 45.8 Å². The average molecular weight is 374 g/mol. The lowest BCUT2D eigenvalue weighted by Gasteiger charge is -2.19. The van der Waals surface area contributed by atoms with Gasteiger partial charge in [-0.15, -0.1) is 32.9 Å². The van der Waals surface area contributed by atoms with Gasteiger partial charge in [0.1, 0.15) is 0 Å². The van der Waals surface area contributed by atoms with Gasteiger partial charge in [-0.3, -0.25) is 4.79 Å². The number of fused-ring (bicyclic) bond motifs is 1. The summed E-state index contributed by atoms with van der Waals surface area (Å²) in [5, 5.41) is 10.2. The molecule has 3 aromatic heterocycles. The van der Waals surface area contributed by atoms with Gasteiger partial charge >= 0.3 is 0 Å². The van der Waals surface area contributed by atoms with Crippen LogP contribution >= 0.6 is 22.7 Å². The lowest BCUT2D eigenvalue weighted by molar-refractivity contribution is 0.0733. The fraction of sp³-hybridized carbons (Fsp3) is 0.389. The second-order valence-electron chi connectivity index (χ2n) is 6.12. The van der Waals surface area contributed by atoms with E-state index in [1.165, 1.54) is 16.9 Å². The van der Waals surface area contributed by atoms with Crippen molar-refractivity contribution in [3.05, 3.63) is 44.8 Å². The second-order valence-corrected chi connectivity index (χ2v) is 8.20. The summed E-state index contributed by atoms with van der Waals surface area (Å²) in [6.45, 7) is 3.10. The smallest absolute Gasteiger partial charge is 0.264 e. The highest BCUT2D eigenvalue weighted by molar-refractivity contribution is 7.14. The predicted molar refractivity (Wildman–Crippen MR) is 99.0 cm³/mol. The molecule has 25 heavy (non-hydrogen) atoms. The van der Waals surface area contributed by atoms with Crippen LogP contribution in [0.25, 0.3) is 10.8 Å². The van der Waals surface area contributed by atoms with Crippen LogP contribution in [-0.4, -0.2) is 27.5 Å². The highest BCUT2D eigenvalue weighted by atomic mass is 32.1. The van der Waals surface area contributed by atoms with E-state index in [1.54, 1.807) is 22.7 Å². The summed E-state index contributed by atoms with van der Waals surface area (Å²) in [5.41, 5.74) is 1.35. The van der Waals surface area contributed by atoms with Crippen molar-refractivity contribution in [2.45, 2.75) is 39.2 Å². The van der Waals surface area contributed by atoms with Gasteiger partial charge in [0.2, 0.25) is 5.89 Å². The Morgan fingerprint density at radius 1 is 1.36 bits per heavy atom. The third-order valence-electron chi connectivity index (χ3n) is 4.26. The highest BCUT2D eigenvalue weighted by Crippen LogP contribution is 2.31. The molecule has 0 spiro atoms. The van der Waals surface area contributed by atoms with Crippen molar-refractivity contribution in [1.29, 1.82) is 0 Å². The third kappa shape index (κ3) is 3.39. The van der Waals surface area contributed by atoms with Gasteiger partial charge in [-0.1, -0.05) is 13.0 Å². The Morgan fingerprint density at radius 3 is 3.04 bits per heavy atom. The lowest BCUT2D eigenvalue weighted by Crippen LogP contribution is -2.30. The quantitative estimate of drug-likeness (QED) is 0.642. The number of hydrogen-bond donors (Lipinski definition) is 0. The summed E-state index contributed by atoms with van der Waals surface area (Å²) >= 11 is 3.20. The maximum absolute atomic E-state index is 12.9. The summed E-state index contributed by atoms with van der Waals surface area (Å²) in [7, 11) is 0. The van der Waals surface area contributed by atoms with Crippen LogP contribution in [0.4, 0.5) is 0 Å². The topological polar surface area (TPSA) is 59.2 Å². The zero-order valence-electron chi connectivity index (χ0n) is 14.0. The van der Waals surface area contributed by atoms with Gasteiger partial charge in [0.25, 0.3) is 11.8 Å². The molecule has 3 heterocycles. The average Bonchev–Trinajstić information content (AvgIpc) is 3.35. The minimum Gasteiger partial charge on any atom is -0.418 e. The molecule has 0 atom stereocenters. The molecule has 3 aromatic rings. The predicted octanol–water partition coefficient (Wildman–Crippen LogP) is 4.40. The van der Waals surface area contributed by atoms with Crippen LogP contribution in [0.2, 0.25) is 0 Å². The number of amides is 1. The molecule has 1 amide bonds. The third-order valence-corrected chi connectivity index (χ3v) is 6.35. The Morgan fingerprint density at radius 2 is 2.28 bits per heavy atom. The summed E-state index contributed by atoms with van der Waals surface area (Å²) < 4.78 is 5.75. The first-order chi connectivity index (χ1) is 12.2. The van der Waals surface area contributed by atoms with E-state index in [9.17, 15) is 4.79 Å². The molecule has 5 nitrogen and oxygen atoms in total. The molecule has 7 heteroatoms. The first-order valence-corrected chi connectivity index (χ1v) is 10.2. The van der Waals surface area contributed by atoms with Crippen molar-refractivity contribution in [3.63, 3.8) is 0 Å². The Bertz CT molecular complexity index is 845. The van der Waals surface area contributed by atoms with Crippen molar-refractivity contribution < 1.29 is 9.21 Å². The van der Waals surface area contributed by atoms with Crippen molar-refractivity contribution in [1.82, 2.24) is 15.1 Å². The number of nitrogens with zero attached hydrogens (tertiary/aromatic N) is 3.